The van der Waals surface area contributed by atoms with E-state index in [1.54, 1.807) is 0 Å². The van der Waals surface area contributed by atoms with Gasteiger partial charge in [-0.3, -0.25) is 14.4 Å². The van der Waals surface area contributed by atoms with Gasteiger partial charge in [-0.25, -0.2) is 0 Å². The molecule has 0 rings (SSSR count). The molecule has 0 N–H and O–H groups in total. The van der Waals surface area contributed by atoms with Gasteiger partial charge >= 0.3 is 17.9 Å². The Hall–Kier alpha value is -4.19. The topological polar surface area (TPSA) is 78.9 Å². The predicted octanol–water partition coefficient (Wildman–Crippen LogP) is 21.2. The first-order chi connectivity index (χ1) is 37.0. The number of hydrogen-bond acceptors (Lipinski definition) is 6. The molecule has 0 saturated heterocycles. The van der Waals surface area contributed by atoms with Gasteiger partial charge < -0.3 is 14.2 Å². The Bertz CT molecular complexity index is 1570. The second-order valence-corrected chi connectivity index (χ2v) is 20.2. The van der Waals surface area contributed by atoms with Crippen molar-refractivity contribution in [2.75, 3.05) is 13.2 Å². The Morgan fingerprint density at radius 1 is 0.280 bits per heavy atom. The number of carbonyl (C=O) groups excluding carboxylic acids is 3. The first-order valence-corrected chi connectivity index (χ1v) is 31.0. The van der Waals surface area contributed by atoms with Gasteiger partial charge in [0, 0.05) is 19.3 Å². The zero-order valence-electron chi connectivity index (χ0n) is 48.8. The lowest BCUT2D eigenvalue weighted by Crippen LogP contribution is -2.30. The van der Waals surface area contributed by atoms with Gasteiger partial charge in [-0.2, -0.15) is 0 Å². The molecule has 0 aliphatic carbocycles. The van der Waals surface area contributed by atoms with Crippen LogP contribution in [-0.4, -0.2) is 37.2 Å². The normalized spacial score (nSPS) is 12.9. The molecule has 0 aromatic heterocycles. The minimum absolute atomic E-state index is 0.115. The summed E-state index contributed by atoms with van der Waals surface area (Å²) < 4.78 is 16.8. The van der Waals surface area contributed by atoms with Crippen LogP contribution in [0, 0.1) is 0 Å². The van der Waals surface area contributed by atoms with E-state index in [2.05, 4.69) is 136 Å². The highest BCUT2D eigenvalue weighted by atomic mass is 16.6. The zero-order valence-corrected chi connectivity index (χ0v) is 48.8. The molecule has 0 heterocycles. The number of hydrogen-bond donors (Lipinski definition) is 0. The zero-order chi connectivity index (χ0) is 54.3. The van der Waals surface area contributed by atoms with Crippen LogP contribution in [0.3, 0.4) is 0 Å². The van der Waals surface area contributed by atoms with E-state index >= 15 is 0 Å². The summed E-state index contributed by atoms with van der Waals surface area (Å²) in [5.41, 5.74) is 0. The van der Waals surface area contributed by atoms with Gasteiger partial charge in [-0.15, -0.1) is 0 Å². The van der Waals surface area contributed by atoms with E-state index < -0.39 is 12.1 Å². The molecule has 0 amide bonds. The Morgan fingerprint density at radius 2 is 0.573 bits per heavy atom. The van der Waals surface area contributed by atoms with E-state index in [1.807, 2.05) is 6.08 Å². The highest BCUT2D eigenvalue weighted by Crippen LogP contribution is 2.15. The Morgan fingerprint density at radius 3 is 0.920 bits per heavy atom. The van der Waals surface area contributed by atoms with Gasteiger partial charge in [0.1, 0.15) is 13.2 Å². The van der Waals surface area contributed by atoms with Crippen LogP contribution in [-0.2, 0) is 28.6 Å². The van der Waals surface area contributed by atoms with Crippen molar-refractivity contribution in [2.24, 2.45) is 0 Å². The van der Waals surface area contributed by atoms with E-state index in [0.29, 0.717) is 19.3 Å². The van der Waals surface area contributed by atoms with Crippen molar-refractivity contribution < 1.29 is 28.6 Å². The lowest BCUT2D eigenvalue weighted by Gasteiger charge is -2.18. The van der Waals surface area contributed by atoms with Crippen molar-refractivity contribution in [2.45, 2.75) is 284 Å². The van der Waals surface area contributed by atoms with E-state index in [1.165, 1.54) is 116 Å². The molecular formula is C69H114O6. The maximum Gasteiger partial charge on any atom is 0.306 e. The molecule has 426 valence electrons. The summed E-state index contributed by atoms with van der Waals surface area (Å²) >= 11 is 0. The van der Waals surface area contributed by atoms with Crippen LogP contribution in [0.5, 0.6) is 0 Å². The molecule has 6 heteroatoms. The highest BCUT2D eigenvalue weighted by molar-refractivity contribution is 5.71. The Kier molecular flexibility index (Phi) is 58.9. The Balaban J connectivity index is 4.41. The van der Waals surface area contributed by atoms with E-state index in [-0.39, 0.29) is 31.6 Å². The summed E-state index contributed by atoms with van der Waals surface area (Å²) in [7, 11) is 0. The lowest BCUT2D eigenvalue weighted by atomic mass is 10.0. The fraction of sp³-hybridized carbons (Fsp3) is 0.667. The number of allylic oxidation sites excluding steroid dienone is 20. The van der Waals surface area contributed by atoms with Crippen LogP contribution in [0.2, 0.25) is 0 Å². The monoisotopic (exact) mass is 1040 g/mol. The van der Waals surface area contributed by atoms with Crippen molar-refractivity contribution in [3.8, 4) is 0 Å². The molecular weight excluding hydrogens is 925 g/mol. The summed E-state index contributed by atoms with van der Waals surface area (Å²) in [5.74, 6) is -1.01. The van der Waals surface area contributed by atoms with Crippen molar-refractivity contribution in [1.29, 1.82) is 0 Å². The number of esters is 3. The first kappa shape index (κ1) is 70.8. The number of rotatable bonds is 55. The summed E-state index contributed by atoms with van der Waals surface area (Å²) in [6, 6.07) is 0. The second-order valence-electron chi connectivity index (χ2n) is 20.2. The maximum atomic E-state index is 12.8. The number of carbonyl (C=O) groups is 3. The van der Waals surface area contributed by atoms with E-state index in [9.17, 15) is 14.4 Å². The maximum absolute atomic E-state index is 12.8. The largest absolute Gasteiger partial charge is 0.462 e. The van der Waals surface area contributed by atoms with Crippen LogP contribution in [0.4, 0.5) is 0 Å². The SMILES string of the molecule is CC/C=C\C/C=C\C/C=C\C/C=C\C/C=C\C/C=C\CCC(=O)OC(COC(=O)CCCCCCC/C=C\C/C=C\CCC)COC(=O)CCCCCCCCCCCCCCC/C=C\C/C=C\CCCCCCC. The van der Waals surface area contributed by atoms with Crippen LogP contribution < -0.4 is 0 Å². The molecule has 6 nitrogen and oxygen atoms in total. The fourth-order valence-corrected chi connectivity index (χ4v) is 8.30. The second kappa shape index (κ2) is 62.4. The van der Waals surface area contributed by atoms with Crippen LogP contribution in [0.15, 0.2) is 122 Å². The van der Waals surface area contributed by atoms with Crippen molar-refractivity contribution in [1.82, 2.24) is 0 Å². The fourth-order valence-electron chi connectivity index (χ4n) is 8.30. The molecule has 75 heavy (non-hydrogen) atoms. The molecule has 1 atom stereocenters. The minimum atomic E-state index is -0.828. The van der Waals surface area contributed by atoms with Gasteiger partial charge in [0.15, 0.2) is 6.10 Å². The van der Waals surface area contributed by atoms with Crippen molar-refractivity contribution >= 4 is 17.9 Å². The standard InChI is InChI=1S/C69H114O6/c1-4-7-10-13-16-19-22-25-27-29-31-32-33-34-35-36-38-39-41-44-47-50-53-56-59-62-68(71)74-65-66(64-73-67(70)61-58-55-52-49-46-43-24-21-18-15-12-9-6-3)75-69(72)63-60-57-54-51-48-45-42-40-37-30-28-26-23-20-17-14-11-8-5-2/h8,11-12,15,17,20-22,24-26,28-29,31,37,40,45,48,54,57,66H,4-7,9-10,13-14,16,18-19,23,27,30,32-36,38-39,41-44,46-47,49-53,55-56,58-65H2,1-3H3/b11-8-,15-12-,20-17-,24-21-,25-22-,28-26-,31-29-,40-37-,48-45-,57-54-. The molecule has 0 aromatic rings. The molecule has 0 fully saturated rings. The van der Waals surface area contributed by atoms with Gasteiger partial charge in [-0.1, -0.05) is 264 Å². The molecule has 0 saturated carbocycles. The number of unbranched alkanes of at least 4 members (excludes halogenated alkanes) is 24. The van der Waals surface area contributed by atoms with Gasteiger partial charge in [0.05, 0.1) is 0 Å². The van der Waals surface area contributed by atoms with Crippen LogP contribution in [0.25, 0.3) is 0 Å². The minimum Gasteiger partial charge on any atom is -0.462 e. The number of ether oxygens (including phenoxy) is 3. The van der Waals surface area contributed by atoms with Crippen LogP contribution in [0.1, 0.15) is 278 Å². The third-order valence-electron chi connectivity index (χ3n) is 12.9. The van der Waals surface area contributed by atoms with Crippen molar-refractivity contribution in [3.63, 3.8) is 0 Å². The lowest BCUT2D eigenvalue weighted by molar-refractivity contribution is -0.166. The molecule has 0 radical (unpaired) electrons. The predicted molar refractivity (Wildman–Crippen MR) is 325 cm³/mol. The van der Waals surface area contributed by atoms with Gasteiger partial charge in [0.25, 0.3) is 0 Å². The molecule has 1 unspecified atom stereocenters. The molecule has 0 spiro atoms. The first-order valence-electron chi connectivity index (χ1n) is 31.0. The average molecular weight is 1040 g/mol. The molecule has 0 aromatic carbocycles. The molecule has 0 bridgehead atoms. The highest BCUT2D eigenvalue weighted by Gasteiger charge is 2.19. The van der Waals surface area contributed by atoms with Gasteiger partial charge in [0.2, 0.25) is 0 Å². The van der Waals surface area contributed by atoms with Gasteiger partial charge in [-0.05, 0) is 116 Å². The summed E-state index contributed by atoms with van der Waals surface area (Å²) in [4.78, 5) is 38.2. The summed E-state index contributed by atoms with van der Waals surface area (Å²) in [5, 5.41) is 0. The molecule has 0 aliphatic heterocycles. The third-order valence-corrected chi connectivity index (χ3v) is 12.9. The average Bonchev–Trinajstić information content (AvgIpc) is 3.41. The smallest absolute Gasteiger partial charge is 0.306 e. The van der Waals surface area contributed by atoms with Crippen molar-refractivity contribution in [3.05, 3.63) is 122 Å². The Labute approximate surface area is 462 Å². The van der Waals surface area contributed by atoms with E-state index in [0.717, 1.165) is 116 Å². The summed E-state index contributed by atoms with van der Waals surface area (Å²) in [6.07, 6.45) is 86.5. The third kappa shape index (κ3) is 60.6. The van der Waals surface area contributed by atoms with E-state index in [4.69, 9.17) is 14.2 Å². The quantitative estimate of drug-likeness (QED) is 0.0261. The summed E-state index contributed by atoms with van der Waals surface area (Å²) in [6.45, 7) is 6.38. The molecule has 0 aliphatic rings. The van der Waals surface area contributed by atoms with Crippen LogP contribution >= 0.6 is 0 Å².